The summed E-state index contributed by atoms with van der Waals surface area (Å²) in [5.74, 6) is 1.79. The first-order valence-corrected chi connectivity index (χ1v) is 6.09. The largest absolute Gasteiger partial charge is 0.318 e. The molecule has 0 saturated heterocycles. The maximum atomic E-state index is 4.28. The van der Waals surface area contributed by atoms with Crippen LogP contribution >= 0.6 is 11.8 Å². The van der Waals surface area contributed by atoms with E-state index in [1.54, 1.807) is 18.0 Å². The Labute approximate surface area is 97.3 Å². The van der Waals surface area contributed by atoms with Gasteiger partial charge in [0.05, 0.1) is 0 Å². The zero-order valence-corrected chi connectivity index (χ0v) is 9.61. The molecule has 82 valence electrons. The Balaban J connectivity index is 2.07. The average molecular weight is 233 g/mol. The Hall–Kier alpha value is -1.56. The number of hydrogen-bond acceptors (Lipinski definition) is 5. The van der Waals surface area contributed by atoms with E-state index in [1.807, 2.05) is 22.9 Å². The summed E-state index contributed by atoms with van der Waals surface area (Å²) >= 11 is 1.71. The van der Waals surface area contributed by atoms with Gasteiger partial charge in [-0.15, -0.1) is 10.2 Å². The van der Waals surface area contributed by atoms with E-state index < -0.39 is 0 Å². The van der Waals surface area contributed by atoms with Gasteiger partial charge in [-0.3, -0.25) is 4.98 Å². The van der Waals surface area contributed by atoms with Gasteiger partial charge in [0, 0.05) is 18.0 Å². The number of thioether (sulfide) groups is 1. The Bertz CT molecular complexity index is 495. The van der Waals surface area contributed by atoms with Gasteiger partial charge in [-0.1, -0.05) is 17.8 Å². The lowest BCUT2D eigenvalue weighted by molar-refractivity contribution is 0.671. The third-order valence-corrected chi connectivity index (χ3v) is 3.53. The molecule has 2 aromatic heterocycles. The molecule has 6 heteroatoms. The fraction of sp³-hybridized carbons (Fsp3) is 0.300. The first-order chi connectivity index (χ1) is 7.84. The number of fused-ring (bicyclic) bond motifs is 1. The number of nitrogens with one attached hydrogen (secondary N) is 1. The number of nitrogens with zero attached hydrogens (tertiary/aromatic N) is 4. The molecule has 0 fully saturated rings. The summed E-state index contributed by atoms with van der Waals surface area (Å²) in [6.45, 7) is 2.14. The Morgan fingerprint density at radius 2 is 2.38 bits per heavy atom. The van der Waals surface area contributed by atoms with Crippen LogP contribution in [0.3, 0.4) is 0 Å². The highest BCUT2D eigenvalue weighted by Gasteiger charge is 2.21. The molecule has 1 aliphatic heterocycles. The van der Waals surface area contributed by atoms with Crippen molar-refractivity contribution in [2.24, 2.45) is 0 Å². The quantitative estimate of drug-likeness (QED) is 0.806. The summed E-state index contributed by atoms with van der Waals surface area (Å²) in [5, 5.41) is 9.21. The van der Waals surface area contributed by atoms with Gasteiger partial charge < -0.3 is 5.43 Å². The van der Waals surface area contributed by atoms with Crippen LogP contribution in [0.25, 0.3) is 11.5 Å². The average Bonchev–Trinajstić information content (AvgIpc) is 2.73. The van der Waals surface area contributed by atoms with Crippen LogP contribution in [0.5, 0.6) is 0 Å². The maximum Gasteiger partial charge on any atom is 0.210 e. The van der Waals surface area contributed by atoms with Gasteiger partial charge in [0.2, 0.25) is 11.0 Å². The first-order valence-electron chi connectivity index (χ1n) is 5.11. The molecule has 1 unspecified atom stereocenters. The zero-order chi connectivity index (χ0) is 11.0. The minimum absolute atomic E-state index is 0.413. The zero-order valence-electron chi connectivity index (χ0n) is 8.79. The topological polar surface area (TPSA) is 55.6 Å². The van der Waals surface area contributed by atoms with Crippen LogP contribution in [-0.4, -0.2) is 31.7 Å². The summed E-state index contributed by atoms with van der Waals surface area (Å²) < 4.78 is 1.92. The van der Waals surface area contributed by atoms with Crippen LogP contribution in [0.15, 0.2) is 29.6 Å². The minimum atomic E-state index is 0.413. The Morgan fingerprint density at radius 1 is 1.44 bits per heavy atom. The third-order valence-electron chi connectivity index (χ3n) is 2.34. The third kappa shape index (κ3) is 1.55. The van der Waals surface area contributed by atoms with Crippen molar-refractivity contribution in [1.82, 2.24) is 19.9 Å². The van der Waals surface area contributed by atoms with E-state index in [0.717, 1.165) is 22.4 Å². The van der Waals surface area contributed by atoms with E-state index in [0.29, 0.717) is 6.04 Å². The first kappa shape index (κ1) is 9.65. The van der Waals surface area contributed by atoms with Crippen molar-refractivity contribution in [1.29, 1.82) is 0 Å². The molecule has 0 aromatic carbocycles. The second kappa shape index (κ2) is 3.79. The molecule has 3 rings (SSSR count). The van der Waals surface area contributed by atoms with Gasteiger partial charge >= 0.3 is 0 Å². The molecule has 16 heavy (non-hydrogen) atoms. The molecule has 0 bridgehead atoms. The normalized spacial score (nSPS) is 18.9. The van der Waals surface area contributed by atoms with Crippen molar-refractivity contribution >= 4 is 11.8 Å². The van der Waals surface area contributed by atoms with Crippen LogP contribution in [0, 0.1) is 0 Å². The van der Waals surface area contributed by atoms with Gasteiger partial charge in [0.1, 0.15) is 5.69 Å². The van der Waals surface area contributed by atoms with E-state index in [1.165, 1.54) is 0 Å². The van der Waals surface area contributed by atoms with E-state index in [4.69, 9.17) is 0 Å². The predicted octanol–water partition coefficient (Wildman–Crippen LogP) is 1.38. The predicted molar refractivity (Wildman–Crippen MR) is 62.8 cm³/mol. The number of pyridine rings is 1. The van der Waals surface area contributed by atoms with E-state index in [9.17, 15) is 0 Å². The van der Waals surface area contributed by atoms with Crippen molar-refractivity contribution in [3.63, 3.8) is 0 Å². The van der Waals surface area contributed by atoms with E-state index >= 15 is 0 Å². The van der Waals surface area contributed by atoms with Crippen molar-refractivity contribution in [3.05, 3.63) is 24.4 Å². The number of hydrogen-bond donors (Lipinski definition) is 1. The molecular formula is C10H11N5S. The summed E-state index contributed by atoms with van der Waals surface area (Å²) in [6, 6.07) is 6.18. The fourth-order valence-corrected chi connectivity index (χ4v) is 2.44. The fourth-order valence-electron chi connectivity index (χ4n) is 1.60. The molecule has 5 nitrogen and oxygen atoms in total. The summed E-state index contributed by atoms with van der Waals surface area (Å²) in [7, 11) is 0. The van der Waals surface area contributed by atoms with Crippen LogP contribution in [0.1, 0.15) is 6.92 Å². The molecule has 0 spiro atoms. The van der Waals surface area contributed by atoms with Crippen LogP contribution < -0.4 is 5.43 Å². The monoisotopic (exact) mass is 233 g/mol. The molecule has 1 aliphatic rings. The molecule has 1 atom stereocenters. The lowest BCUT2D eigenvalue weighted by Crippen LogP contribution is -2.32. The van der Waals surface area contributed by atoms with Crippen molar-refractivity contribution in [2.75, 3.05) is 11.2 Å². The molecule has 0 saturated carbocycles. The molecular weight excluding hydrogens is 222 g/mol. The molecule has 1 N–H and O–H groups in total. The molecule has 3 heterocycles. The number of rotatable bonds is 1. The highest BCUT2D eigenvalue weighted by Crippen LogP contribution is 2.25. The minimum Gasteiger partial charge on any atom is -0.318 e. The lowest BCUT2D eigenvalue weighted by atomic mass is 10.3. The summed E-state index contributed by atoms with van der Waals surface area (Å²) in [4.78, 5) is 4.28. The summed E-state index contributed by atoms with van der Waals surface area (Å²) in [5.41, 5.74) is 4.17. The lowest BCUT2D eigenvalue weighted by Gasteiger charge is -2.22. The SMILES string of the molecule is CC1CSc2nnc(-c3ccccn3)n2N1. The Morgan fingerprint density at radius 3 is 3.19 bits per heavy atom. The van der Waals surface area contributed by atoms with Crippen molar-refractivity contribution in [2.45, 2.75) is 18.1 Å². The van der Waals surface area contributed by atoms with Gasteiger partial charge in [0.25, 0.3) is 0 Å². The molecule has 0 amide bonds. The van der Waals surface area contributed by atoms with Crippen LogP contribution in [-0.2, 0) is 0 Å². The second-order valence-corrected chi connectivity index (χ2v) is 4.68. The van der Waals surface area contributed by atoms with E-state index in [-0.39, 0.29) is 0 Å². The van der Waals surface area contributed by atoms with E-state index in [2.05, 4.69) is 27.5 Å². The van der Waals surface area contributed by atoms with Gasteiger partial charge in [-0.05, 0) is 19.1 Å². The second-order valence-electron chi connectivity index (χ2n) is 3.70. The standard InChI is InChI=1S/C10H11N5S/c1-7-6-16-10-13-12-9(15(10)14-7)8-4-2-3-5-11-8/h2-5,7,14H,6H2,1H3. The van der Waals surface area contributed by atoms with Crippen LogP contribution in [0.4, 0.5) is 0 Å². The van der Waals surface area contributed by atoms with Gasteiger partial charge in [0.15, 0.2) is 0 Å². The van der Waals surface area contributed by atoms with Crippen molar-refractivity contribution in [3.8, 4) is 11.5 Å². The van der Waals surface area contributed by atoms with Crippen molar-refractivity contribution < 1.29 is 0 Å². The molecule has 0 aliphatic carbocycles. The highest BCUT2D eigenvalue weighted by molar-refractivity contribution is 7.99. The van der Waals surface area contributed by atoms with Crippen LogP contribution in [0.2, 0.25) is 0 Å². The molecule has 0 radical (unpaired) electrons. The maximum absolute atomic E-state index is 4.28. The van der Waals surface area contributed by atoms with Gasteiger partial charge in [-0.25, -0.2) is 4.68 Å². The highest BCUT2D eigenvalue weighted by atomic mass is 32.2. The Kier molecular flexibility index (Phi) is 2.28. The number of aromatic nitrogens is 4. The molecule has 2 aromatic rings. The van der Waals surface area contributed by atoms with Gasteiger partial charge in [-0.2, -0.15) is 0 Å². The smallest absolute Gasteiger partial charge is 0.210 e. The summed E-state index contributed by atoms with van der Waals surface area (Å²) in [6.07, 6.45) is 1.76.